The largest absolute Gasteiger partial charge is 0.469 e. The molecule has 1 N–H and O–H groups in total. The Hall–Kier alpha value is -1.06. The molecule has 120 valence electrons. The first-order valence-corrected chi connectivity index (χ1v) is 8.08. The number of hydrogen-bond donors (Lipinski definition) is 1. The molecule has 0 aliphatic heterocycles. The van der Waals surface area contributed by atoms with Crippen molar-refractivity contribution in [1.82, 2.24) is 5.32 Å². The Morgan fingerprint density at radius 1 is 1.19 bits per heavy atom. The number of carbonyl (C=O) groups excluding carboxylic acids is 2. The van der Waals surface area contributed by atoms with Crippen molar-refractivity contribution in [3.05, 3.63) is 0 Å². The van der Waals surface area contributed by atoms with Gasteiger partial charge in [-0.05, 0) is 36.0 Å². The van der Waals surface area contributed by atoms with Crippen LogP contribution in [0.4, 0.5) is 0 Å². The lowest BCUT2D eigenvalue weighted by molar-refractivity contribution is -0.150. The number of hydrogen-bond acceptors (Lipinski definition) is 3. The van der Waals surface area contributed by atoms with E-state index in [1.165, 1.54) is 13.5 Å². The maximum Gasteiger partial charge on any atom is 0.309 e. The van der Waals surface area contributed by atoms with Gasteiger partial charge in [-0.2, -0.15) is 0 Å². The second-order valence-electron chi connectivity index (χ2n) is 7.67. The van der Waals surface area contributed by atoms with Crippen molar-refractivity contribution in [1.29, 1.82) is 0 Å². The minimum Gasteiger partial charge on any atom is -0.469 e. The minimum absolute atomic E-state index is 0.0242. The molecule has 21 heavy (non-hydrogen) atoms. The Bertz CT molecular complexity index is 432. The molecule has 0 saturated heterocycles. The van der Waals surface area contributed by atoms with E-state index >= 15 is 0 Å². The Labute approximate surface area is 128 Å². The summed E-state index contributed by atoms with van der Waals surface area (Å²) >= 11 is 0. The molecule has 2 bridgehead atoms. The number of rotatable bonds is 4. The number of methoxy groups -OCH3 is 1. The normalized spacial score (nSPS) is 36.1. The molecule has 6 atom stereocenters. The fraction of sp³-hybridized carbons (Fsp3) is 0.882. The van der Waals surface area contributed by atoms with Crippen LogP contribution in [0.3, 0.4) is 0 Å². The number of ether oxygens (including phenoxy) is 1. The van der Waals surface area contributed by atoms with Crippen LogP contribution in [0.2, 0.25) is 0 Å². The summed E-state index contributed by atoms with van der Waals surface area (Å²) in [5, 5.41) is 3.18. The fourth-order valence-corrected chi connectivity index (χ4v) is 4.27. The van der Waals surface area contributed by atoms with Gasteiger partial charge in [-0.1, -0.05) is 34.6 Å². The summed E-state index contributed by atoms with van der Waals surface area (Å²) in [5.41, 5.74) is 0.422. The molecule has 3 aliphatic rings. The summed E-state index contributed by atoms with van der Waals surface area (Å²) in [4.78, 5) is 23.9. The summed E-state index contributed by atoms with van der Waals surface area (Å²) < 4.78 is 4.73. The SMILES string of the molecule is COC(=O)C(C)C(C)C(=O)N[C@@H]1C[C@@H]2C[C@H](C1C)C2(C)C. The molecule has 0 aromatic rings. The number of amides is 1. The smallest absolute Gasteiger partial charge is 0.309 e. The molecule has 3 saturated carbocycles. The van der Waals surface area contributed by atoms with E-state index in [4.69, 9.17) is 4.74 Å². The van der Waals surface area contributed by atoms with E-state index in [0.29, 0.717) is 17.3 Å². The summed E-state index contributed by atoms with van der Waals surface area (Å²) in [7, 11) is 1.36. The maximum absolute atomic E-state index is 12.4. The van der Waals surface area contributed by atoms with Gasteiger partial charge in [0.25, 0.3) is 0 Å². The molecule has 1 amide bonds. The van der Waals surface area contributed by atoms with Gasteiger partial charge in [0.2, 0.25) is 5.91 Å². The molecule has 3 fully saturated rings. The van der Waals surface area contributed by atoms with Gasteiger partial charge < -0.3 is 10.1 Å². The molecular weight excluding hydrogens is 266 g/mol. The average molecular weight is 295 g/mol. The second-order valence-corrected chi connectivity index (χ2v) is 7.67. The zero-order chi connectivity index (χ0) is 15.9. The first-order valence-electron chi connectivity index (χ1n) is 8.08. The van der Waals surface area contributed by atoms with Crippen LogP contribution >= 0.6 is 0 Å². The van der Waals surface area contributed by atoms with E-state index < -0.39 is 5.92 Å². The summed E-state index contributed by atoms with van der Waals surface area (Å²) in [6.45, 7) is 10.5. The van der Waals surface area contributed by atoms with Crippen LogP contribution in [-0.2, 0) is 14.3 Å². The van der Waals surface area contributed by atoms with Crippen LogP contribution in [0.1, 0.15) is 47.5 Å². The van der Waals surface area contributed by atoms with E-state index in [1.807, 2.05) is 0 Å². The van der Waals surface area contributed by atoms with Crippen molar-refractivity contribution in [2.45, 2.75) is 53.5 Å². The van der Waals surface area contributed by atoms with Crippen LogP contribution in [0.15, 0.2) is 0 Å². The maximum atomic E-state index is 12.4. The number of esters is 1. The zero-order valence-electron chi connectivity index (χ0n) is 14.1. The second kappa shape index (κ2) is 5.62. The molecule has 3 unspecified atom stereocenters. The van der Waals surface area contributed by atoms with Gasteiger partial charge >= 0.3 is 5.97 Å². The van der Waals surface area contributed by atoms with Gasteiger partial charge in [-0.3, -0.25) is 9.59 Å². The van der Waals surface area contributed by atoms with Crippen LogP contribution in [-0.4, -0.2) is 25.0 Å². The van der Waals surface area contributed by atoms with Crippen molar-refractivity contribution in [2.24, 2.45) is 35.0 Å². The molecule has 0 aromatic carbocycles. The van der Waals surface area contributed by atoms with Gasteiger partial charge in [0.1, 0.15) is 0 Å². The Morgan fingerprint density at radius 3 is 2.29 bits per heavy atom. The lowest BCUT2D eigenvalue weighted by Gasteiger charge is -2.62. The fourth-order valence-electron chi connectivity index (χ4n) is 4.27. The van der Waals surface area contributed by atoms with Crippen molar-refractivity contribution in [3.63, 3.8) is 0 Å². The molecule has 4 nitrogen and oxygen atoms in total. The van der Waals surface area contributed by atoms with E-state index in [-0.39, 0.29) is 23.8 Å². The number of fused-ring (bicyclic) bond motifs is 2. The van der Waals surface area contributed by atoms with Gasteiger partial charge in [0, 0.05) is 12.0 Å². The number of carbonyl (C=O) groups is 2. The van der Waals surface area contributed by atoms with Gasteiger partial charge in [-0.15, -0.1) is 0 Å². The minimum atomic E-state index is -0.403. The quantitative estimate of drug-likeness (QED) is 0.811. The first-order chi connectivity index (χ1) is 9.70. The highest BCUT2D eigenvalue weighted by atomic mass is 16.5. The topological polar surface area (TPSA) is 55.4 Å². The Morgan fingerprint density at radius 2 is 1.81 bits per heavy atom. The Kier molecular flexibility index (Phi) is 4.36. The van der Waals surface area contributed by atoms with Crippen LogP contribution < -0.4 is 5.32 Å². The molecular formula is C17H29NO3. The molecule has 3 aliphatic carbocycles. The lowest BCUT2D eigenvalue weighted by atomic mass is 9.45. The monoisotopic (exact) mass is 295 g/mol. The highest BCUT2D eigenvalue weighted by Crippen LogP contribution is 2.61. The highest BCUT2D eigenvalue weighted by Gasteiger charge is 2.56. The van der Waals surface area contributed by atoms with Crippen molar-refractivity contribution in [3.8, 4) is 0 Å². The summed E-state index contributed by atoms with van der Waals surface area (Å²) in [5.74, 6) is 0.833. The van der Waals surface area contributed by atoms with Crippen molar-refractivity contribution < 1.29 is 14.3 Å². The third-order valence-corrected chi connectivity index (χ3v) is 6.42. The average Bonchev–Trinajstić information content (AvgIpc) is 2.45. The molecule has 4 heteroatoms. The van der Waals surface area contributed by atoms with Gasteiger partial charge in [0.05, 0.1) is 13.0 Å². The van der Waals surface area contributed by atoms with Crippen LogP contribution in [0.5, 0.6) is 0 Å². The van der Waals surface area contributed by atoms with Crippen molar-refractivity contribution >= 4 is 11.9 Å². The summed E-state index contributed by atoms with van der Waals surface area (Å²) in [6.07, 6.45) is 2.37. The molecule has 0 spiro atoms. The van der Waals surface area contributed by atoms with Crippen LogP contribution in [0.25, 0.3) is 0 Å². The number of nitrogens with one attached hydrogen (secondary N) is 1. The van der Waals surface area contributed by atoms with Crippen molar-refractivity contribution in [2.75, 3.05) is 7.11 Å². The Balaban J connectivity index is 1.94. The van der Waals surface area contributed by atoms with Crippen LogP contribution in [0, 0.1) is 35.0 Å². The van der Waals surface area contributed by atoms with E-state index in [1.54, 1.807) is 13.8 Å². The lowest BCUT2D eigenvalue weighted by Crippen LogP contribution is -2.61. The molecule has 0 radical (unpaired) electrons. The first kappa shape index (κ1) is 16.3. The third-order valence-electron chi connectivity index (χ3n) is 6.42. The predicted molar refractivity (Wildman–Crippen MR) is 81.4 cm³/mol. The third kappa shape index (κ3) is 2.69. The predicted octanol–water partition coefficient (Wildman–Crippen LogP) is 2.62. The molecule has 0 heterocycles. The summed E-state index contributed by atoms with van der Waals surface area (Å²) in [6, 6.07) is 0.251. The molecule has 3 rings (SSSR count). The highest BCUT2D eigenvalue weighted by molar-refractivity contribution is 5.85. The van der Waals surface area contributed by atoms with Gasteiger partial charge in [-0.25, -0.2) is 0 Å². The zero-order valence-corrected chi connectivity index (χ0v) is 14.1. The van der Waals surface area contributed by atoms with Gasteiger partial charge in [0.15, 0.2) is 0 Å². The van der Waals surface area contributed by atoms with E-state index in [0.717, 1.165) is 12.3 Å². The van der Waals surface area contributed by atoms with E-state index in [2.05, 4.69) is 26.1 Å². The molecule has 0 aromatic heterocycles. The standard InChI is InChI=1S/C17H29NO3/c1-9(10(2)16(20)21-6)15(19)18-14-8-12-7-13(11(14)3)17(12,4)5/h9-14H,7-8H2,1-6H3,(H,18,19)/t9?,10?,11?,12-,13+,14+/m0/s1. The van der Waals surface area contributed by atoms with E-state index in [9.17, 15) is 9.59 Å².